The first-order valence-electron chi connectivity index (χ1n) is 20.3. The van der Waals surface area contributed by atoms with E-state index >= 15 is 4.39 Å². The topological polar surface area (TPSA) is 156 Å². The Bertz CT molecular complexity index is 2490. The van der Waals surface area contributed by atoms with Crippen molar-refractivity contribution in [1.82, 2.24) is 25.0 Å². The summed E-state index contributed by atoms with van der Waals surface area (Å²) in [6.45, 7) is 11.5. The number of ether oxygens (including phenoxy) is 1. The van der Waals surface area contributed by atoms with E-state index in [1.807, 2.05) is 21.9 Å². The van der Waals surface area contributed by atoms with Crippen LogP contribution in [0.4, 0.5) is 10.1 Å². The normalized spacial score (nSPS) is 24.9. The quantitative estimate of drug-likeness (QED) is 0.267. The van der Waals surface area contributed by atoms with Crippen LogP contribution in [0.25, 0.3) is 0 Å². The SMILES string of the molecule is CC1(C)[C@H](Oc2ccc(C#N)c(Cl)c2)C(C)(C)[C@H]1N1Cc2nc(C#CC3CN(C4CCN(c5cc6c(cc5F)C(=O)N(C5CCC(=O)NC5=O)C6=O)CC4)C3)ccc2C1=O. The number of rotatable bonds is 6. The fourth-order valence-electron chi connectivity index (χ4n) is 10.8. The van der Waals surface area contributed by atoms with Crippen LogP contribution in [0.1, 0.15) is 101 Å². The lowest BCUT2D eigenvalue weighted by atomic mass is 9.49. The Labute approximate surface area is 351 Å². The molecule has 0 bridgehead atoms. The molecule has 5 amide bonds. The van der Waals surface area contributed by atoms with Gasteiger partial charge in [-0.1, -0.05) is 45.2 Å². The molecule has 0 radical (unpaired) electrons. The molecule has 15 heteroatoms. The number of nitriles is 1. The highest BCUT2D eigenvalue weighted by Crippen LogP contribution is 2.59. The van der Waals surface area contributed by atoms with Gasteiger partial charge >= 0.3 is 0 Å². The van der Waals surface area contributed by atoms with Gasteiger partial charge in [0.1, 0.15) is 35.5 Å². The number of halogens is 2. The second-order valence-electron chi connectivity index (χ2n) is 17.9. The van der Waals surface area contributed by atoms with Crippen LogP contribution in [0.2, 0.25) is 5.02 Å². The zero-order chi connectivity index (χ0) is 42.4. The molecular weight excluding hydrogens is 789 g/mol. The molecule has 1 atom stereocenters. The van der Waals surface area contributed by atoms with Crippen LogP contribution in [-0.2, 0) is 16.1 Å². The van der Waals surface area contributed by atoms with Crippen molar-refractivity contribution < 1.29 is 33.1 Å². The predicted molar refractivity (Wildman–Crippen MR) is 216 cm³/mol. The van der Waals surface area contributed by atoms with Crippen LogP contribution in [-0.4, -0.2) is 99.6 Å². The molecule has 0 spiro atoms. The van der Waals surface area contributed by atoms with Gasteiger partial charge in [-0.15, -0.1) is 0 Å². The summed E-state index contributed by atoms with van der Waals surface area (Å²) in [5, 5.41) is 11.8. The highest BCUT2D eigenvalue weighted by molar-refractivity contribution is 6.31. The number of pyridine rings is 1. The van der Waals surface area contributed by atoms with Crippen LogP contribution in [0.15, 0.2) is 42.5 Å². The number of likely N-dealkylation sites (tertiary alicyclic amines) is 1. The van der Waals surface area contributed by atoms with Gasteiger partial charge in [0.25, 0.3) is 17.7 Å². The summed E-state index contributed by atoms with van der Waals surface area (Å²) in [4.78, 5) is 76.1. The summed E-state index contributed by atoms with van der Waals surface area (Å²) in [5.41, 5.74) is 1.77. The Balaban J connectivity index is 0.785. The lowest BCUT2D eigenvalue weighted by molar-refractivity contribution is -0.199. The number of piperidine rings is 2. The van der Waals surface area contributed by atoms with Crippen LogP contribution < -0.4 is 15.0 Å². The molecule has 1 aliphatic carbocycles. The molecule has 60 heavy (non-hydrogen) atoms. The van der Waals surface area contributed by atoms with E-state index in [9.17, 15) is 29.2 Å². The Morgan fingerprint density at radius 1 is 0.900 bits per heavy atom. The van der Waals surface area contributed by atoms with Gasteiger partial charge < -0.3 is 14.5 Å². The van der Waals surface area contributed by atoms with E-state index in [0.29, 0.717) is 59.0 Å². The first-order chi connectivity index (χ1) is 28.6. The van der Waals surface area contributed by atoms with Gasteiger partial charge in [0.2, 0.25) is 11.8 Å². The number of benzene rings is 2. The monoisotopic (exact) mass is 831 g/mol. The van der Waals surface area contributed by atoms with Gasteiger partial charge in [-0.05, 0) is 61.6 Å². The Morgan fingerprint density at radius 3 is 2.27 bits per heavy atom. The van der Waals surface area contributed by atoms with Gasteiger partial charge in [-0.25, -0.2) is 9.37 Å². The molecule has 3 aromatic rings. The zero-order valence-electron chi connectivity index (χ0n) is 33.7. The number of nitrogens with one attached hydrogen (secondary N) is 1. The third-order valence-electron chi connectivity index (χ3n) is 13.3. The second kappa shape index (κ2) is 14.4. The van der Waals surface area contributed by atoms with Gasteiger partial charge in [-0.2, -0.15) is 5.26 Å². The minimum absolute atomic E-state index is 0.00895. The predicted octanol–water partition coefficient (Wildman–Crippen LogP) is 4.94. The minimum Gasteiger partial charge on any atom is -0.489 e. The minimum atomic E-state index is -1.11. The Morgan fingerprint density at radius 2 is 1.60 bits per heavy atom. The molecule has 1 saturated carbocycles. The average molecular weight is 832 g/mol. The van der Waals surface area contributed by atoms with Crippen molar-refractivity contribution in [2.75, 3.05) is 31.1 Å². The van der Waals surface area contributed by atoms with E-state index in [0.717, 1.165) is 36.9 Å². The number of aromatic nitrogens is 1. The average Bonchev–Trinajstić information content (AvgIpc) is 3.62. The number of hydrogen-bond acceptors (Lipinski definition) is 10. The number of nitrogens with zero attached hydrogens (tertiary/aromatic N) is 6. The molecule has 1 N–H and O–H groups in total. The maximum absolute atomic E-state index is 15.5. The summed E-state index contributed by atoms with van der Waals surface area (Å²) in [7, 11) is 0. The highest BCUT2D eigenvalue weighted by Gasteiger charge is 2.67. The van der Waals surface area contributed by atoms with E-state index in [4.69, 9.17) is 21.3 Å². The number of anilines is 1. The first kappa shape index (κ1) is 39.6. The zero-order valence-corrected chi connectivity index (χ0v) is 34.4. The first-order valence-corrected chi connectivity index (χ1v) is 20.7. The number of carbonyl (C=O) groups excluding carboxylic acids is 5. The molecule has 6 heterocycles. The van der Waals surface area contributed by atoms with E-state index < -0.39 is 35.5 Å². The molecule has 308 valence electrons. The van der Waals surface area contributed by atoms with E-state index in [2.05, 4.69) is 55.8 Å². The lowest BCUT2D eigenvalue weighted by Gasteiger charge is -2.65. The van der Waals surface area contributed by atoms with Crippen molar-refractivity contribution in [1.29, 1.82) is 5.26 Å². The second-order valence-corrected chi connectivity index (χ2v) is 18.3. The van der Waals surface area contributed by atoms with Gasteiger partial charge in [-0.3, -0.25) is 39.1 Å². The third kappa shape index (κ3) is 6.39. The summed E-state index contributed by atoms with van der Waals surface area (Å²) in [5.74, 6) is 4.16. The molecule has 3 saturated heterocycles. The van der Waals surface area contributed by atoms with Gasteiger partial charge in [0, 0.05) is 67.5 Å². The molecule has 13 nitrogen and oxygen atoms in total. The summed E-state index contributed by atoms with van der Waals surface area (Å²) in [6.07, 6.45) is 1.40. The van der Waals surface area contributed by atoms with Crippen LogP contribution in [0, 0.1) is 45.7 Å². The molecule has 4 fully saturated rings. The highest BCUT2D eigenvalue weighted by atomic mass is 35.5. The summed E-state index contributed by atoms with van der Waals surface area (Å²) < 4.78 is 21.9. The molecule has 9 rings (SSSR count). The number of hydrogen-bond donors (Lipinski definition) is 1. The standard InChI is InChI=1S/C45H43ClFN7O6/c1-44(2)42(45(3,4)43(44)60-28-9-6-25(20-48)32(46)17-28)53-23-34-29(39(53)57)10-8-26(49-34)7-5-24-21-52(22-24)27-13-15-51(16-14-27)36-19-31-30(18-33(36)47)40(58)54(41(31)59)35-11-12-37(55)50-38(35)56/h6,8-10,17-19,24,27,35,42-43H,11-16,21-23H2,1-4H3,(H,50,55,56)/t35?,42-,43-. The maximum atomic E-state index is 15.5. The number of amides is 5. The van der Waals surface area contributed by atoms with Crippen LogP contribution in [0.5, 0.6) is 5.75 Å². The van der Waals surface area contributed by atoms with Crippen molar-refractivity contribution in [3.8, 4) is 23.7 Å². The van der Waals surface area contributed by atoms with Crippen molar-refractivity contribution in [2.24, 2.45) is 16.7 Å². The van der Waals surface area contributed by atoms with E-state index in [1.165, 1.54) is 6.07 Å². The Hall–Kier alpha value is -5.83. The molecule has 2 aromatic carbocycles. The molecular formula is C45H43ClFN7O6. The number of carbonyl (C=O) groups is 5. The van der Waals surface area contributed by atoms with E-state index in [-0.39, 0.29) is 64.5 Å². The van der Waals surface area contributed by atoms with Crippen LogP contribution in [0.3, 0.4) is 0 Å². The molecule has 5 aliphatic heterocycles. The largest absolute Gasteiger partial charge is 0.489 e. The lowest BCUT2D eigenvalue weighted by Crippen LogP contribution is -2.74. The van der Waals surface area contributed by atoms with E-state index in [1.54, 1.807) is 18.2 Å². The molecule has 1 aromatic heterocycles. The fraction of sp³-hybridized carbons (Fsp3) is 0.444. The summed E-state index contributed by atoms with van der Waals surface area (Å²) in [6, 6.07) is 12.3. The fourth-order valence-corrected chi connectivity index (χ4v) is 11.0. The van der Waals surface area contributed by atoms with Crippen molar-refractivity contribution in [3.63, 3.8) is 0 Å². The van der Waals surface area contributed by atoms with Crippen molar-refractivity contribution in [2.45, 2.75) is 84.2 Å². The molecule has 1 unspecified atom stereocenters. The van der Waals surface area contributed by atoms with Gasteiger partial charge in [0.05, 0.1) is 45.2 Å². The smallest absolute Gasteiger partial charge is 0.262 e. The van der Waals surface area contributed by atoms with Crippen molar-refractivity contribution >= 4 is 46.8 Å². The van der Waals surface area contributed by atoms with Gasteiger partial charge in [0.15, 0.2) is 0 Å². The summed E-state index contributed by atoms with van der Waals surface area (Å²) >= 11 is 6.28. The molecule has 6 aliphatic rings. The Kier molecular flexibility index (Phi) is 9.52. The third-order valence-corrected chi connectivity index (χ3v) is 13.6. The van der Waals surface area contributed by atoms with Crippen molar-refractivity contribution in [3.05, 3.63) is 86.9 Å². The van der Waals surface area contributed by atoms with Crippen LogP contribution >= 0.6 is 11.6 Å². The maximum Gasteiger partial charge on any atom is 0.262 e. The number of imide groups is 2. The number of fused-ring (bicyclic) bond motifs is 2.